The lowest BCUT2D eigenvalue weighted by Crippen LogP contribution is -2.34. The van der Waals surface area contributed by atoms with Crippen molar-refractivity contribution in [3.05, 3.63) is 41.9 Å². The Morgan fingerprint density at radius 3 is 2.80 bits per heavy atom. The highest BCUT2D eigenvalue weighted by Gasteiger charge is 2.16. The molecule has 0 fully saturated rings. The Morgan fingerprint density at radius 1 is 1.35 bits per heavy atom. The number of thioether (sulfide) groups is 1. The summed E-state index contributed by atoms with van der Waals surface area (Å²) in [6, 6.07) is 7.04. The Kier molecular flexibility index (Phi) is 6.40. The van der Waals surface area contributed by atoms with Crippen LogP contribution in [0.15, 0.2) is 41.0 Å². The van der Waals surface area contributed by atoms with E-state index in [1.165, 1.54) is 17.7 Å². The first-order chi connectivity index (χ1) is 9.79. The number of hydrogen-bond acceptors (Lipinski definition) is 3. The Balaban J connectivity index is 1.92. The van der Waals surface area contributed by atoms with E-state index in [0.29, 0.717) is 6.04 Å². The minimum Gasteiger partial charge on any atom is -0.501 e. The van der Waals surface area contributed by atoms with Crippen molar-refractivity contribution < 1.29 is 9.13 Å². The molecule has 20 heavy (non-hydrogen) atoms. The largest absolute Gasteiger partial charge is 0.501 e. The molecule has 110 valence electrons. The maximum Gasteiger partial charge on any atom is 0.123 e. The fraction of sp³-hybridized carbons (Fsp3) is 0.500. The van der Waals surface area contributed by atoms with E-state index >= 15 is 0 Å². The van der Waals surface area contributed by atoms with Crippen LogP contribution < -0.4 is 5.32 Å². The predicted molar refractivity (Wildman–Crippen MR) is 82.5 cm³/mol. The molecule has 1 aromatic rings. The summed E-state index contributed by atoms with van der Waals surface area (Å²) in [5, 5.41) is 3.58. The highest BCUT2D eigenvalue weighted by molar-refractivity contribution is 7.99. The van der Waals surface area contributed by atoms with Gasteiger partial charge in [-0.3, -0.25) is 0 Å². The zero-order valence-electron chi connectivity index (χ0n) is 11.9. The average Bonchev–Trinajstić information content (AvgIpc) is 2.50. The van der Waals surface area contributed by atoms with E-state index in [1.807, 2.05) is 18.4 Å². The van der Waals surface area contributed by atoms with Gasteiger partial charge in [0, 0.05) is 16.7 Å². The van der Waals surface area contributed by atoms with Crippen LogP contribution in [0.5, 0.6) is 0 Å². The second-order valence-corrected chi connectivity index (χ2v) is 6.03. The highest BCUT2D eigenvalue weighted by Crippen LogP contribution is 2.24. The van der Waals surface area contributed by atoms with E-state index in [9.17, 15) is 4.39 Å². The molecular weight excluding hydrogens is 273 g/mol. The Hall–Kier alpha value is -1.00. The Labute approximate surface area is 124 Å². The smallest absolute Gasteiger partial charge is 0.123 e. The van der Waals surface area contributed by atoms with Crippen LogP contribution in [0, 0.1) is 5.82 Å². The average molecular weight is 295 g/mol. The highest BCUT2D eigenvalue weighted by atomic mass is 32.2. The van der Waals surface area contributed by atoms with Crippen molar-refractivity contribution in [3.63, 3.8) is 0 Å². The minimum atomic E-state index is -0.182. The fourth-order valence-electron chi connectivity index (χ4n) is 2.17. The summed E-state index contributed by atoms with van der Waals surface area (Å²) in [5.41, 5.74) is 1.35. The lowest BCUT2D eigenvalue weighted by molar-refractivity contribution is 0.220. The van der Waals surface area contributed by atoms with Gasteiger partial charge in [-0.15, -0.1) is 11.8 Å². The van der Waals surface area contributed by atoms with Crippen LogP contribution in [0.4, 0.5) is 4.39 Å². The van der Waals surface area contributed by atoms with Gasteiger partial charge in [0.1, 0.15) is 5.82 Å². The van der Waals surface area contributed by atoms with Crippen molar-refractivity contribution >= 4 is 11.8 Å². The summed E-state index contributed by atoms with van der Waals surface area (Å²) in [4.78, 5) is 1.10. The van der Waals surface area contributed by atoms with E-state index in [0.717, 1.165) is 43.1 Å². The van der Waals surface area contributed by atoms with Crippen LogP contribution in [-0.4, -0.2) is 24.9 Å². The van der Waals surface area contributed by atoms with Crippen molar-refractivity contribution in [2.75, 3.05) is 18.9 Å². The van der Waals surface area contributed by atoms with Crippen molar-refractivity contribution in [3.8, 4) is 0 Å². The van der Waals surface area contributed by atoms with Crippen molar-refractivity contribution in [2.24, 2.45) is 0 Å². The molecule has 2 nitrogen and oxygen atoms in total. The van der Waals surface area contributed by atoms with Gasteiger partial charge in [-0.25, -0.2) is 4.39 Å². The van der Waals surface area contributed by atoms with E-state index in [2.05, 4.69) is 12.2 Å². The van der Waals surface area contributed by atoms with Gasteiger partial charge >= 0.3 is 0 Å². The third-order valence-corrected chi connectivity index (χ3v) is 4.39. The van der Waals surface area contributed by atoms with Crippen molar-refractivity contribution in [1.82, 2.24) is 5.32 Å². The number of hydrogen-bond donors (Lipinski definition) is 1. The van der Waals surface area contributed by atoms with E-state index in [1.54, 1.807) is 11.8 Å². The third-order valence-electron chi connectivity index (χ3n) is 3.28. The van der Waals surface area contributed by atoms with Crippen molar-refractivity contribution in [1.29, 1.82) is 0 Å². The first-order valence-corrected chi connectivity index (χ1v) is 8.20. The molecule has 1 N–H and O–H groups in total. The van der Waals surface area contributed by atoms with Crippen LogP contribution in [0.1, 0.15) is 26.2 Å². The van der Waals surface area contributed by atoms with Gasteiger partial charge in [0.15, 0.2) is 0 Å². The predicted octanol–water partition coefficient (Wildman–Crippen LogP) is 3.98. The molecule has 0 aromatic heterocycles. The molecule has 1 heterocycles. The SMILES string of the molecule is CCCNC(CSc1ccc(F)cc1)C1=COCCC1. The molecule has 1 aliphatic rings. The third kappa shape index (κ3) is 4.84. The molecule has 0 radical (unpaired) electrons. The van der Waals surface area contributed by atoms with Gasteiger partial charge in [-0.1, -0.05) is 6.92 Å². The summed E-state index contributed by atoms with van der Waals surface area (Å²) >= 11 is 1.76. The Bertz CT molecular complexity index is 433. The molecule has 1 aromatic carbocycles. The molecule has 4 heteroatoms. The second kappa shape index (κ2) is 8.32. The van der Waals surface area contributed by atoms with Crippen molar-refractivity contribution in [2.45, 2.75) is 37.1 Å². The lowest BCUT2D eigenvalue weighted by Gasteiger charge is -2.24. The number of benzene rings is 1. The van der Waals surface area contributed by atoms with Gasteiger partial charge in [-0.05, 0) is 55.6 Å². The monoisotopic (exact) mass is 295 g/mol. The second-order valence-electron chi connectivity index (χ2n) is 4.94. The molecule has 0 bridgehead atoms. The molecule has 2 rings (SSSR count). The normalized spacial score (nSPS) is 16.4. The number of ether oxygens (including phenoxy) is 1. The van der Waals surface area contributed by atoms with Gasteiger partial charge in [0.2, 0.25) is 0 Å². The van der Waals surface area contributed by atoms with Gasteiger partial charge in [-0.2, -0.15) is 0 Å². The lowest BCUT2D eigenvalue weighted by atomic mass is 10.0. The van der Waals surface area contributed by atoms with Crippen LogP contribution in [0.3, 0.4) is 0 Å². The van der Waals surface area contributed by atoms with Crippen LogP contribution >= 0.6 is 11.8 Å². The van der Waals surface area contributed by atoms with Gasteiger partial charge in [0.05, 0.1) is 12.9 Å². The summed E-state index contributed by atoms with van der Waals surface area (Å²) < 4.78 is 18.3. The molecule has 0 saturated carbocycles. The number of rotatable bonds is 7. The molecule has 0 spiro atoms. The zero-order chi connectivity index (χ0) is 14.2. The zero-order valence-corrected chi connectivity index (χ0v) is 12.7. The van der Waals surface area contributed by atoms with Crippen LogP contribution in [0.25, 0.3) is 0 Å². The van der Waals surface area contributed by atoms with E-state index in [4.69, 9.17) is 4.74 Å². The summed E-state index contributed by atoms with van der Waals surface area (Å²) in [6.07, 6.45) is 5.23. The summed E-state index contributed by atoms with van der Waals surface area (Å²) in [6.45, 7) is 4.00. The first-order valence-electron chi connectivity index (χ1n) is 7.22. The molecular formula is C16H22FNOS. The number of nitrogens with one attached hydrogen (secondary N) is 1. The minimum absolute atomic E-state index is 0.182. The number of halogens is 1. The molecule has 0 aliphatic carbocycles. The van der Waals surface area contributed by atoms with Crippen LogP contribution in [-0.2, 0) is 4.74 Å². The molecule has 1 aliphatic heterocycles. The van der Waals surface area contributed by atoms with E-state index in [-0.39, 0.29) is 5.82 Å². The maximum atomic E-state index is 12.9. The molecule has 1 atom stereocenters. The van der Waals surface area contributed by atoms with E-state index < -0.39 is 0 Å². The van der Waals surface area contributed by atoms with Crippen LogP contribution in [0.2, 0.25) is 0 Å². The topological polar surface area (TPSA) is 21.3 Å². The summed E-state index contributed by atoms with van der Waals surface area (Å²) in [7, 11) is 0. The Morgan fingerprint density at radius 2 is 2.15 bits per heavy atom. The molecule has 0 amide bonds. The first kappa shape index (κ1) is 15.4. The molecule has 0 saturated heterocycles. The fourth-order valence-corrected chi connectivity index (χ4v) is 3.19. The van der Waals surface area contributed by atoms with Gasteiger partial charge < -0.3 is 10.1 Å². The standard InChI is InChI=1S/C16H22FNOS/c1-2-9-18-16(13-4-3-10-19-11-13)12-20-15-7-5-14(17)6-8-15/h5-8,11,16,18H,2-4,9-10,12H2,1H3. The quantitative estimate of drug-likeness (QED) is 0.769. The van der Waals surface area contributed by atoms with Gasteiger partial charge in [0.25, 0.3) is 0 Å². The molecule has 1 unspecified atom stereocenters. The summed E-state index contributed by atoms with van der Waals surface area (Å²) in [5.74, 6) is 0.763. The maximum absolute atomic E-state index is 12.9.